The predicted octanol–water partition coefficient (Wildman–Crippen LogP) is 3.56. The van der Waals surface area contributed by atoms with Crippen LogP contribution in [0.1, 0.15) is 52.9 Å². The standard InChI is InChI=1S/C16H18N2S/c17-12-7-4-8-13-14(12)18-15(19-13)16(9-10-16)11-5-2-1-3-6-11/h1-3,5-6,12H,4,7-10,17H2. The van der Waals surface area contributed by atoms with Gasteiger partial charge in [-0.3, -0.25) is 0 Å². The fourth-order valence-corrected chi connectivity index (χ4v) is 4.61. The second-order valence-electron chi connectivity index (χ2n) is 5.77. The van der Waals surface area contributed by atoms with Gasteiger partial charge in [0.05, 0.1) is 5.69 Å². The minimum absolute atomic E-state index is 0.167. The Bertz CT molecular complexity index is 598. The number of hydrogen-bond acceptors (Lipinski definition) is 3. The molecule has 0 saturated heterocycles. The quantitative estimate of drug-likeness (QED) is 0.906. The molecule has 0 amide bonds. The van der Waals surface area contributed by atoms with Gasteiger partial charge in [-0.25, -0.2) is 4.98 Å². The van der Waals surface area contributed by atoms with Gasteiger partial charge in [-0.05, 0) is 37.7 Å². The number of hydrogen-bond donors (Lipinski definition) is 1. The summed E-state index contributed by atoms with van der Waals surface area (Å²) in [7, 11) is 0. The first-order valence-corrected chi connectivity index (χ1v) is 7.92. The van der Waals surface area contributed by atoms with Gasteiger partial charge >= 0.3 is 0 Å². The van der Waals surface area contributed by atoms with E-state index in [-0.39, 0.29) is 11.5 Å². The zero-order valence-corrected chi connectivity index (χ0v) is 11.7. The molecular formula is C16H18N2S. The topological polar surface area (TPSA) is 38.9 Å². The van der Waals surface area contributed by atoms with E-state index in [4.69, 9.17) is 10.7 Å². The van der Waals surface area contributed by atoms with Crippen LogP contribution in [-0.2, 0) is 11.8 Å². The molecule has 3 heteroatoms. The molecule has 4 rings (SSSR count). The molecule has 0 aliphatic heterocycles. The lowest BCUT2D eigenvalue weighted by Crippen LogP contribution is -2.17. The number of thiazole rings is 1. The van der Waals surface area contributed by atoms with Crippen LogP contribution in [0.2, 0.25) is 0 Å². The van der Waals surface area contributed by atoms with Crippen molar-refractivity contribution in [2.75, 3.05) is 0 Å². The van der Waals surface area contributed by atoms with Crippen molar-refractivity contribution in [1.82, 2.24) is 4.98 Å². The first-order chi connectivity index (χ1) is 9.29. The first kappa shape index (κ1) is 11.6. The summed E-state index contributed by atoms with van der Waals surface area (Å²) in [5, 5.41) is 1.31. The van der Waals surface area contributed by atoms with Crippen molar-refractivity contribution >= 4 is 11.3 Å². The molecule has 1 heterocycles. The fraction of sp³-hybridized carbons (Fsp3) is 0.438. The zero-order chi connectivity index (χ0) is 12.9. The highest BCUT2D eigenvalue weighted by molar-refractivity contribution is 7.12. The minimum atomic E-state index is 0.167. The van der Waals surface area contributed by atoms with Gasteiger partial charge in [0.2, 0.25) is 0 Å². The van der Waals surface area contributed by atoms with Crippen LogP contribution >= 0.6 is 11.3 Å². The van der Waals surface area contributed by atoms with Gasteiger partial charge in [0.1, 0.15) is 5.01 Å². The second-order valence-corrected chi connectivity index (χ2v) is 6.86. The number of nitrogens with zero attached hydrogens (tertiary/aromatic N) is 1. The largest absolute Gasteiger partial charge is 0.323 e. The Morgan fingerprint density at radius 2 is 2.00 bits per heavy atom. The predicted molar refractivity (Wildman–Crippen MR) is 78.4 cm³/mol. The molecule has 0 bridgehead atoms. The summed E-state index contributed by atoms with van der Waals surface area (Å²) in [6.07, 6.45) is 5.95. The van der Waals surface area contributed by atoms with Gasteiger partial charge in [0.15, 0.2) is 0 Å². The van der Waals surface area contributed by atoms with E-state index in [1.54, 1.807) is 0 Å². The molecule has 0 spiro atoms. The third kappa shape index (κ3) is 1.76. The van der Waals surface area contributed by atoms with Crippen molar-refractivity contribution < 1.29 is 0 Å². The van der Waals surface area contributed by atoms with E-state index >= 15 is 0 Å². The minimum Gasteiger partial charge on any atom is -0.323 e. The van der Waals surface area contributed by atoms with Crippen LogP contribution in [0.3, 0.4) is 0 Å². The van der Waals surface area contributed by atoms with Gasteiger partial charge in [0.25, 0.3) is 0 Å². The third-order valence-electron chi connectivity index (χ3n) is 4.48. The number of benzene rings is 1. The Hall–Kier alpha value is -1.19. The van der Waals surface area contributed by atoms with E-state index in [9.17, 15) is 0 Å². The Labute approximate surface area is 117 Å². The normalized spacial score (nSPS) is 23.9. The van der Waals surface area contributed by atoms with Gasteiger partial charge in [-0.2, -0.15) is 0 Å². The maximum Gasteiger partial charge on any atom is 0.104 e. The number of aromatic nitrogens is 1. The summed E-state index contributed by atoms with van der Waals surface area (Å²) < 4.78 is 0. The van der Waals surface area contributed by atoms with Crippen LogP contribution < -0.4 is 5.73 Å². The molecule has 1 saturated carbocycles. The van der Waals surface area contributed by atoms with Crippen molar-refractivity contribution in [3.63, 3.8) is 0 Å². The van der Waals surface area contributed by atoms with E-state index in [1.165, 1.54) is 46.8 Å². The summed E-state index contributed by atoms with van der Waals surface area (Å²) in [5.41, 5.74) is 9.03. The van der Waals surface area contributed by atoms with Gasteiger partial charge in [-0.15, -0.1) is 11.3 Å². The number of nitrogens with two attached hydrogens (primary N) is 1. The van der Waals surface area contributed by atoms with E-state index in [0.717, 1.165) is 6.42 Å². The highest BCUT2D eigenvalue weighted by Gasteiger charge is 2.49. The molecular weight excluding hydrogens is 252 g/mol. The summed E-state index contributed by atoms with van der Waals surface area (Å²) in [4.78, 5) is 6.38. The smallest absolute Gasteiger partial charge is 0.104 e. The van der Waals surface area contributed by atoms with E-state index in [0.29, 0.717) is 0 Å². The monoisotopic (exact) mass is 270 g/mol. The Morgan fingerprint density at radius 3 is 2.68 bits per heavy atom. The number of aryl methyl sites for hydroxylation is 1. The molecule has 1 aromatic carbocycles. The molecule has 1 atom stereocenters. The van der Waals surface area contributed by atoms with Crippen molar-refractivity contribution in [3.05, 3.63) is 51.5 Å². The van der Waals surface area contributed by atoms with Gasteiger partial charge in [0, 0.05) is 16.3 Å². The second kappa shape index (κ2) is 4.15. The Morgan fingerprint density at radius 1 is 1.21 bits per heavy atom. The van der Waals surface area contributed by atoms with E-state index < -0.39 is 0 Å². The van der Waals surface area contributed by atoms with Crippen molar-refractivity contribution in [3.8, 4) is 0 Å². The lowest BCUT2D eigenvalue weighted by molar-refractivity contribution is 0.561. The highest BCUT2D eigenvalue weighted by atomic mass is 32.1. The Balaban J connectivity index is 1.77. The van der Waals surface area contributed by atoms with Crippen LogP contribution in [0.15, 0.2) is 30.3 Å². The fourth-order valence-electron chi connectivity index (χ4n) is 3.16. The molecule has 0 radical (unpaired) electrons. The van der Waals surface area contributed by atoms with Crippen molar-refractivity contribution in [2.24, 2.45) is 5.73 Å². The lowest BCUT2D eigenvalue weighted by Gasteiger charge is -2.16. The summed E-state index contributed by atoms with van der Waals surface area (Å²) in [6, 6.07) is 11.0. The molecule has 2 aliphatic carbocycles. The first-order valence-electron chi connectivity index (χ1n) is 7.11. The molecule has 98 valence electrons. The van der Waals surface area contributed by atoms with Gasteiger partial charge < -0.3 is 5.73 Å². The summed E-state index contributed by atoms with van der Waals surface area (Å²) in [5.74, 6) is 0. The Kier molecular flexibility index (Phi) is 2.54. The van der Waals surface area contributed by atoms with Crippen LogP contribution in [0.4, 0.5) is 0 Å². The lowest BCUT2D eigenvalue weighted by atomic mass is 9.96. The number of rotatable bonds is 2. The zero-order valence-electron chi connectivity index (χ0n) is 10.9. The summed E-state index contributed by atoms with van der Waals surface area (Å²) in [6.45, 7) is 0. The molecule has 19 heavy (non-hydrogen) atoms. The molecule has 1 aromatic heterocycles. The van der Waals surface area contributed by atoms with Crippen LogP contribution in [0, 0.1) is 0 Å². The van der Waals surface area contributed by atoms with Crippen LogP contribution in [0.25, 0.3) is 0 Å². The average Bonchev–Trinajstić information content (AvgIpc) is 3.14. The van der Waals surface area contributed by atoms with Crippen LogP contribution in [-0.4, -0.2) is 4.98 Å². The van der Waals surface area contributed by atoms with E-state index in [2.05, 4.69) is 30.3 Å². The molecule has 1 unspecified atom stereocenters. The van der Waals surface area contributed by atoms with Gasteiger partial charge in [-0.1, -0.05) is 30.3 Å². The third-order valence-corrected chi connectivity index (χ3v) is 5.82. The molecule has 2 aromatic rings. The maximum atomic E-state index is 6.21. The molecule has 2 nitrogen and oxygen atoms in total. The molecule has 1 fully saturated rings. The van der Waals surface area contributed by atoms with Crippen molar-refractivity contribution in [1.29, 1.82) is 0 Å². The maximum absolute atomic E-state index is 6.21. The SMILES string of the molecule is NC1CCCc2sc(C3(c4ccccc4)CC3)nc21. The van der Waals surface area contributed by atoms with Crippen LogP contribution in [0.5, 0.6) is 0 Å². The molecule has 2 N–H and O–H groups in total. The van der Waals surface area contributed by atoms with Crippen molar-refractivity contribution in [2.45, 2.75) is 43.6 Å². The number of fused-ring (bicyclic) bond motifs is 1. The summed E-state index contributed by atoms with van der Waals surface area (Å²) >= 11 is 1.91. The molecule has 2 aliphatic rings. The highest BCUT2D eigenvalue weighted by Crippen LogP contribution is 2.55. The average molecular weight is 270 g/mol. The van der Waals surface area contributed by atoms with E-state index in [1.807, 2.05) is 11.3 Å².